The number of benzene rings is 2. The molecule has 1 aromatic heterocycles. The number of anilines is 1. The normalized spacial score (nSPS) is 23.1. The second kappa shape index (κ2) is 6.05. The van der Waals surface area contributed by atoms with Gasteiger partial charge >= 0.3 is 0 Å². The van der Waals surface area contributed by atoms with Crippen molar-refractivity contribution in [1.82, 2.24) is 15.1 Å². The maximum atomic E-state index is 13.3. The van der Waals surface area contributed by atoms with Crippen molar-refractivity contribution in [3.63, 3.8) is 0 Å². The topological polar surface area (TPSA) is 78.1 Å². The number of aromatic nitrogens is 2. The van der Waals surface area contributed by atoms with Gasteiger partial charge in [-0.1, -0.05) is 48.5 Å². The van der Waals surface area contributed by atoms with Crippen molar-refractivity contribution < 1.29 is 9.59 Å². The number of nitrogens with one attached hydrogen (secondary N) is 2. The van der Waals surface area contributed by atoms with Gasteiger partial charge in [-0.15, -0.1) is 0 Å². The molecule has 3 heterocycles. The van der Waals surface area contributed by atoms with Gasteiger partial charge < -0.3 is 10.2 Å². The molecule has 0 bridgehead atoms. The zero-order chi connectivity index (χ0) is 19.3. The summed E-state index contributed by atoms with van der Waals surface area (Å²) in [5, 5.41) is 10.0. The maximum absolute atomic E-state index is 13.3. The van der Waals surface area contributed by atoms with Crippen LogP contribution in [0.5, 0.6) is 0 Å². The maximum Gasteiger partial charge on any atom is 0.274 e. The lowest BCUT2D eigenvalue weighted by molar-refractivity contribution is -0.121. The van der Waals surface area contributed by atoms with E-state index >= 15 is 0 Å². The Bertz CT molecular complexity index is 1070. The van der Waals surface area contributed by atoms with Crippen LogP contribution in [0.4, 0.5) is 5.69 Å². The zero-order valence-corrected chi connectivity index (χ0v) is 15.5. The fraction of sp³-hybridized carbons (Fsp3) is 0.227. The molecular weight excluding hydrogens is 352 g/mol. The Morgan fingerprint density at radius 1 is 1.14 bits per heavy atom. The first-order chi connectivity index (χ1) is 13.6. The fourth-order valence-corrected chi connectivity index (χ4v) is 4.68. The Balaban J connectivity index is 1.67. The molecule has 2 N–H and O–H groups in total. The third kappa shape index (κ3) is 2.24. The summed E-state index contributed by atoms with van der Waals surface area (Å²) in [7, 11) is 0. The van der Waals surface area contributed by atoms with Gasteiger partial charge in [-0.2, -0.15) is 5.10 Å². The highest BCUT2D eigenvalue weighted by molar-refractivity contribution is 6.08. The molecule has 2 unspecified atom stereocenters. The minimum atomic E-state index is -0.793. The molecule has 5 rings (SSSR count). The van der Waals surface area contributed by atoms with Crippen LogP contribution in [0.15, 0.2) is 60.7 Å². The van der Waals surface area contributed by atoms with E-state index < -0.39 is 5.41 Å². The summed E-state index contributed by atoms with van der Waals surface area (Å²) in [4.78, 5) is 28.4. The van der Waals surface area contributed by atoms with Crippen LogP contribution in [0.25, 0.3) is 0 Å². The van der Waals surface area contributed by atoms with Crippen molar-refractivity contribution >= 4 is 17.5 Å². The average Bonchev–Trinajstić information content (AvgIpc) is 3.40. The van der Waals surface area contributed by atoms with Crippen LogP contribution < -0.4 is 5.32 Å². The Labute approximate surface area is 162 Å². The molecule has 6 heteroatoms. The minimum absolute atomic E-state index is 0.0453. The van der Waals surface area contributed by atoms with Gasteiger partial charge in [0.2, 0.25) is 5.91 Å². The standard InChI is InChI=1S/C22H20N4O2/c1-14-13-18(25-24-14)20(27)26-12-11-22(19(26)15-7-3-2-4-8-15)16-9-5-6-10-17(16)23-21(22)28/h2-10,13,19H,11-12H2,1H3,(H,23,28)(H,24,25). The summed E-state index contributed by atoms with van der Waals surface area (Å²) in [6.07, 6.45) is 0.574. The lowest BCUT2D eigenvalue weighted by atomic mass is 9.72. The molecule has 2 aliphatic heterocycles. The number of rotatable bonds is 2. The second-order valence-electron chi connectivity index (χ2n) is 7.47. The Hall–Kier alpha value is -3.41. The monoisotopic (exact) mass is 372 g/mol. The van der Waals surface area contributed by atoms with Crippen molar-refractivity contribution in [3.05, 3.63) is 83.2 Å². The first-order valence-electron chi connectivity index (χ1n) is 9.40. The van der Waals surface area contributed by atoms with E-state index in [1.54, 1.807) is 11.0 Å². The predicted octanol–water partition coefficient (Wildman–Crippen LogP) is 3.20. The molecule has 2 aliphatic rings. The molecule has 140 valence electrons. The lowest BCUT2D eigenvalue weighted by Crippen LogP contribution is -2.42. The van der Waals surface area contributed by atoms with Crippen LogP contribution in [0.1, 0.15) is 39.8 Å². The van der Waals surface area contributed by atoms with E-state index in [-0.39, 0.29) is 17.9 Å². The molecule has 3 aromatic rings. The molecule has 2 amide bonds. The molecule has 28 heavy (non-hydrogen) atoms. The van der Waals surface area contributed by atoms with E-state index in [1.165, 1.54) is 0 Å². The van der Waals surface area contributed by atoms with Crippen molar-refractivity contribution in [1.29, 1.82) is 0 Å². The number of hydrogen-bond acceptors (Lipinski definition) is 3. The first-order valence-corrected chi connectivity index (χ1v) is 9.40. The van der Waals surface area contributed by atoms with E-state index in [1.807, 2.05) is 61.5 Å². The van der Waals surface area contributed by atoms with E-state index in [0.29, 0.717) is 18.7 Å². The summed E-state index contributed by atoms with van der Waals surface area (Å²) in [5.41, 5.74) is 3.16. The minimum Gasteiger partial charge on any atom is -0.329 e. The number of carbonyl (C=O) groups excluding carboxylic acids is 2. The largest absolute Gasteiger partial charge is 0.329 e. The Kier molecular flexibility index (Phi) is 3.62. The number of aromatic amines is 1. The van der Waals surface area contributed by atoms with Crippen molar-refractivity contribution in [2.24, 2.45) is 0 Å². The highest BCUT2D eigenvalue weighted by atomic mass is 16.2. The smallest absolute Gasteiger partial charge is 0.274 e. The van der Waals surface area contributed by atoms with Gasteiger partial charge in [-0.3, -0.25) is 14.7 Å². The molecule has 0 aliphatic carbocycles. The summed E-state index contributed by atoms with van der Waals surface area (Å²) < 4.78 is 0. The first kappa shape index (κ1) is 16.7. The fourth-order valence-electron chi connectivity index (χ4n) is 4.68. The van der Waals surface area contributed by atoms with Crippen LogP contribution in [0.2, 0.25) is 0 Å². The lowest BCUT2D eigenvalue weighted by Gasteiger charge is -2.34. The molecular formula is C22H20N4O2. The number of hydrogen-bond donors (Lipinski definition) is 2. The number of H-pyrrole nitrogens is 1. The molecule has 1 spiro atoms. The summed E-state index contributed by atoms with van der Waals surface area (Å²) in [5.74, 6) is -0.205. The van der Waals surface area contributed by atoms with Crippen molar-refractivity contribution in [2.75, 3.05) is 11.9 Å². The zero-order valence-electron chi connectivity index (χ0n) is 15.5. The van der Waals surface area contributed by atoms with E-state index in [2.05, 4.69) is 15.5 Å². The number of aryl methyl sites for hydroxylation is 1. The van der Waals surface area contributed by atoms with Gasteiger partial charge in [0.1, 0.15) is 11.1 Å². The number of para-hydroxylation sites is 1. The van der Waals surface area contributed by atoms with Crippen LogP contribution in [-0.2, 0) is 10.2 Å². The summed E-state index contributed by atoms with van der Waals surface area (Å²) in [6.45, 7) is 2.36. The van der Waals surface area contributed by atoms with Gasteiger partial charge in [0.05, 0.1) is 6.04 Å². The molecule has 0 radical (unpaired) electrons. The molecule has 2 atom stereocenters. The van der Waals surface area contributed by atoms with Gasteiger partial charge in [-0.05, 0) is 36.6 Å². The van der Waals surface area contributed by atoms with Crippen LogP contribution in [-0.4, -0.2) is 33.5 Å². The molecule has 1 fully saturated rings. The van der Waals surface area contributed by atoms with Gasteiger partial charge in [0.25, 0.3) is 5.91 Å². The van der Waals surface area contributed by atoms with Gasteiger partial charge in [0, 0.05) is 17.9 Å². The summed E-state index contributed by atoms with van der Waals surface area (Å²) in [6, 6.07) is 19.0. The molecule has 6 nitrogen and oxygen atoms in total. The predicted molar refractivity (Wildman–Crippen MR) is 105 cm³/mol. The van der Waals surface area contributed by atoms with Gasteiger partial charge in [0.15, 0.2) is 0 Å². The third-order valence-electron chi connectivity index (χ3n) is 5.89. The highest BCUT2D eigenvalue weighted by Crippen LogP contribution is 2.54. The number of nitrogens with zero attached hydrogens (tertiary/aromatic N) is 2. The molecule has 2 aromatic carbocycles. The van der Waals surface area contributed by atoms with E-state index in [9.17, 15) is 9.59 Å². The number of fused-ring (bicyclic) bond motifs is 2. The average molecular weight is 372 g/mol. The Morgan fingerprint density at radius 2 is 1.89 bits per heavy atom. The highest BCUT2D eigenvalue weighted by Gasteiger charge is 2.59. The number of carbonyl (C=O) groups is 2. The number of likely N-dealkylation sites (tertiary alicyclic amines) is 1. The quantitative estimate of drug-likeness (QED) is 0.725. The number of amides is 2. The van der Waals surface area contributed by atoms with Crippen LogP contribution >= 0.6 is 0 Å². The SMILES string of the molecule is Cc1cc(C(=O)N2CCC3(C(=O)Nc4ccccc43)C2c2ccccc2)n[nH]1. The van der Waals surface area contributed by atoms with E-state index in [4.69, 9.17) is 0 Å². The Morgan fingerprint density at radius 3 is 2.64 bits per heavy atom. The van der Waals surface area contributed by atoms with Crippen LogP contribution in [0, 0.1) is 6.92 Å². The van der Waals surface area contributed by atoms with Crippen LogP contribution in [0.3, 0.4) is 0 Å². The molecule has 0 saturated carbocycles. The van der Waals surface area contributed by atoms with E-state index in [0.717, 1.165) is 22.5 Å². The van der Waals surface area contributed by atoms with Gasteiger partial charge in [-0.25, -0.2) is 0 Å². The second-order valence-corrected chi connectivity index (χ2v) is 7.47. The van der Waals surface area contributed by atoms with Crippen molar-refractivity contribution in [3.8, 4) is 0 Å². The summed E-state index contributed by atoms with van der Waals surface area (Å²) >= 11 is 0. The molecule has 1 saturated heterocycles. The third-order valence-corrected chi connectivity index (χ3v) is 5.89. The van der Waals surface area contributed by atoms with Crippen molar-refractivity contribution in [2.45, 2.75) is 24.8 Å².